The molecule has 1 aromatic carbocycles. The summed E-state index contributed by atoms with van der Waals surface area (Å²) < 4.78 is 0. The highest BCUT2D eigenvalue weighted by atomic mass is 35.5. The number of nitrogens with two attached hydrogens (primary N) is 1. The summed E-state index contributed by atoms with van der Waals surface area (Å²) in [4.78, 5) is 14.8. The Morgan fingerprint density at radius 2 is 1.63 bits per heavy atom. The molecule has 6 nitrogen and oxygen atoms in total. The van der Waals surface area contributed by atoms with Gasteiger partial charge >= 0.3 is 0 Å². The van der Waals surface area contributed by atoms with Crippen molar-refractivity contribution in [3.63, 3.8) is 0 Å². The Balaban J connectivity index is 1.96. The van der Waals surface area contributed by atoms with Gasteiger partial charge in [-0.3, -0.25) is 4.79 Å². The topological polar surface area (TPSA) is 81.5 Å². The third-order valence-corrected chi connectivity index (χ3v) is 6.08. The van der Waals surface area contributed by atoms with Crippen molar-refractivity contribution >= 4 is 34.8 Å². The minimum Gasteiger partial charge on any atom is -0.369 e. The summed E-state index contributed by atoms with van der Waals surface area (Å²) in [5, 5.41) is 16.7. The first-order valence-corrected chi connectivity index (χ1v) is 11.6. The van der Waals surface area contributed by atoms with Crippen LogP contribution in [0.5, 0.6) is 0 Å². The van der Waals surface area contributed by atoms with Gasteiger partial charge in [-0.2, -0.15) is 0 Å². The maximum absolute atomic E-state index is 12.7. The van der Waals surface area contributed by atoms with Crippen LogP contribution in [0.2, 0.25) is 0 Å². The predicted molar refractivity (Wildman–Crippen MR) is 124 cm³/mol. The first kappa shape index (κ1) is 25.2. The van der Waals surface area contributed by atoms with Gasteiger partial charge in [-0.05, 0) is 64.7 Å². The third kappa shape index (κ3) is 6.47. The quantitative estimate of drug-likeness (QED) is 0.557. The van der Waals surface area contributed by atoms with E-state index >= 15 is 0 Å². The number of alkyl halides is 2. The van der Waals surface area contributed by atoms with Crippen LogP contribution in [0.3, 0.4) is 0 Å². The van der Waals surface area contributed by atoms with Crippen LogP contribution in [0.4, 0.5) is 5.69 Å². The van der Waals surface area contributed by atoms with Crippen LogP contribution in [0, 0.1) is 0 Å². The molecule has 0 aromatic heterocycles. The number of benzene rings is 1. The standard InChI is InChI=1S/C22H35Cl2N4O2/c1-21(2)14-17(15-22(3,4)28(21)30)26-20(29)19(25)13-16-5-7-18(8-6-16)27(11-9-23)12-10-24/h5-8,17,19H,9-15,25H2,1-4H3,(H,26,29)/t19-/m0/s1. The summed E-state index contributed by atoms with van der Waals surface area (Å²) in [5.41, 5.74) is 7.17. The second kappa shape index (κ2) is 10.5. The van der Waals surface area contributed by atoms with E-state index in [1.165, 1.54) is 0 Å². The molecule has 1 fully saturated rings. The molecular formula is C22H35Cl2N4O2. The molecule has 2 rings (SSSR count). The first-order valence-electron chi connectivity index (χ1n) is 10.5. The van der Waals surface area contributed by atoms with Crippen LogP contribution in [-0.4, -0.2) is 59.0 Å². The number of nitrogens with one attached hydrogen (secondary N) is 1. The van der Waals surface area contributed by atoms with Crippen LogP contribution in [0.15, 0.2) is 24.3 Å². The predicted octanol–water partition coefficient (Wildman–Crippen LogP) is 3.32. The van der Waals surface area contributed by atoms with Crippen molar-refractivity contribution in [1.82, 2.24) is 10.4 Å². The first-order chi connectivity index (χ1) is 14.0. The number of hydroxylamine groups is 2. The molecule has 8 heteroatoms. The van der Waals surface area contributed by atoms with Crippen molar-refractivity contribution < 1.29 is 10.0 Å². The van der Waals surface area contributed by atoms with Gasteiger partial charge in [0.05, 0.1) is 6.04 Å². The molecule has 1 aromatic rings. The molecule has 0 bridgehead atoms. The van der Waals surface area contributed by atoms with Crippen LogP contribution in [0.25, 0.3) is 0 Å². The van der Waals surface area contributed by atoms with Gasteiger partial charge in [-0.15, -0.1) is 33.5 Å². The molecular weight excluding hydrogens is 423 g/mol. The lowest BCUT2D eigenvalue weighted by Gasteiger charge is -2.50. The van der Waals surface area contributed by atoms with Crippen molar-refractivity contribution in [1.29, 1.82) is 0 Å². The van der Waals surface area contributed by atoms with Crippen molar-refractivity contribution in [3.05, 3.63) is 29.8 Å². The van der Waals surface area contributed by atoms with Gasteiger partial charge in [0.2, 0.25) is 5.91 Å². The number of nitrogens with zero attached hydrogens (tertiary/aromatic N) is 2. The van der Waals surface area contributed by atoms with Crippen molar-refractivity contribution in [2.45, 2.75) is 70.1 Å². The Labute approximate surface area is 190 Å². The highest BCUT2D eigenvalue weighted by molar-refractivity contribution is 6.18. The maximum atomic E-state index is 12.7. The zero-order valence-electron chi connectivity index (χ0n) is 18.5. The van der Waals surface area contributed by atoms with E-state index in [1.807, 2.05) is 52.0 Å². The number of anilines is 1. The van der Waals surface area contributed by atoms with E-state index in [0.717, 1.165) is 29.4 Å². The maximum Gasteiger partial charge on any atom is 0.237 e. The van der Waals surface area contributed by atoms with Gasteiger partial charge in [-0.1, -0.05) is 12.1 Å². The van der Waals surface area contributed by atoms with E-state index in [2.05, 4.69) is 10.2 Å². The zero-order valence-corrected chi connectivity index (χ0v) is 20.0. The van der Waals surface area contributed by atoms with E-state index in [0.29, 0.717) is 31.0 Å². The fourth-order valence-corrected chi connectivity index (χ4v) is 4.85. The van der Waals surface area contributed by atoms with Crippen LogP contribution < -0.4 is 16.0 Å². The number of carbonyl (C=O) groups excluding carboxylic acids is 1. The summed E-state index contributed by atoms with van der Waals surface area (Å²) >= 11 is 11.7. The number of hydrogen-bond acceptors (Lipinski definition) is 4. The molecule has 0 unspecified atom stereocenters. The number of hydrogen-bond donors (Lipinski definition) is 2. The molecule has 1 aliphatic rings. The average molecular weight is 458 g/mol. The largest absolute Gasteiger partial charge is 0.369 e. The smallest absolute Gasteiger partial charge is 0.237 e. The molecule has 1 saturated heterocycles. The number of piperidine rings is 1. The van der Waals surface area contributed by atoms with Gasteiger partial charge in [0, 0.05) is 47.7 Å². The summed E-state index contributed by atoms with van der Waals surface area (Å²) in [6.45, 7) is 9.12. The Morgan fingerprint density at radius 1 is 1.13 bits per heavy atom. The Morgan fingerprint density at radius 3 is 2.10 bits per heavy atom. The molecule has 3 N–H and O–H groups in total. The number of carbonyl (C=O) groups is 1. The molecule has 1 heterocycles. The van der Waals surface area contributed by atoms with Crippen molar-refractivity contribution in [2.75, 3.05) is 29.7 Å². The number of halogens is 2. The second-order valence-electron chi connectivity index (χ2n) is 9.38. The van der Waals surface area contributed by atoms with E-state index in [4.69, 9.17) is 28.9 Å². The monoisotopic (exact) mass is 457 g/mol. The molecule has 0 saturated carbocycles. The average Bonchev–Trinajstić information content (AvgIpc) is 2.66. The number of amides is 1. The molecule has 1 aliphatic heterocycles. The lowest BCUT2D eigenvalue weighted by atomic mass is 9.79. The van der Waals surface area contributed by atoms with Gasteiger partial charge in [0.1, 0.15) is 0 Å². The van der Waals surface area contributed by atoms with Gasteiger partial charge in [0.15, 0.2) is 0 Å². The van der Waals surface area contributed by atoms with E-state index < -0.39 is 17.1 Å². The molecule has 0 spiro atoms. The van der Waals surface area contributed by atoms with Gasteiger partial charge in [0.25, 0.3) is 0 Å². The van der Waals surface area contributed by atoms with E-state index in [-0.39, 0.29) is 11.9 Å². The summed E-state index contributed by atoms with van der Waals surface area (Å²) in [6, 6.07) is 7.28. The van der Waals surface area contributed by atoms with Gasteiger partial charge in [-0.25, -0.2) is 0 Å². The van der Waals surface area contributed by atoms with E-state index in [9.17, 15) is 10.0 Å². The minimum absolute atomic E-state index is 0.0687. The molecule has 30 heavy (non-hydrogen) atoms. The Bertz CT molecular complexity index is 673. The summed E-state index contributed by atoms with van der Waals surface area (Å²) in [6.07, 6.45) is 1.65. The molecule has 0 aliphatic carbocycles. The van der Waals surface area contributed by atoms with E-state index in [1.54, 1.807) is 0 Å². The van der Waals surface area contributed by atoms with Crippen molar-refractivity contribution in [2.24, 2.45) is 5.73 Å². The fraction of sp³-hybridized carbons (Fsp3) is 0.682. The second-order valence-corrected chi connectivity index (χ2v) is 10.1. The zero-order chi connectivity index (χ0) is 22.5. The third-order valence-electron chi connectivity index (χ3n) is 5.74. The lowest BCUT2D eigenvalue weighted by molar-refractivity contribution is -0.290. The van der Waals surface area contributed by atoms with Crippen LogP contribution in [-0.2, 0) is 16.4 Å². The molecule has 1 amide bonds. The highest BCUT2D eigenvalue weighted by Crippen LogP contribution is 2.37. The van der Waals surface area contributed by atoms with Crippen molar-refractivity contribution in [3.8, 4) is 0 Å². The highest BCUT2D eigenvalue weighted by Gasteiger charge is 2.46. The minimum atomic E-state index is -0.644. The van der Waals surface area contributed by atoms with Crippen LogP contribution >= 0.6 is 23.2 Å². The fourth-order valence-electron chi connectivity index (χ4n) is 4.44. The molecule has 1 radical (unpaired) electrons. The summed E-state index contributed by atoms with van der Waals surface area (Å²) in [7, 11) is 0. The SMILES string of the molecule is CC1(C)CC(NC(=O)[C@@H](N)Cc2ccc(N(CCCl)CCCl)cc2)CC(C)(C)N1[O]. The van der Waals surface area contributed by atoms with Gasteiger partial charge < -0.3 is 16.0 Å². The van der Waals surface area contributed by atoms with Crippen LogP contribution in [0.1, 0.15) is 46.1 Å². The lowest BCUT2D eigenvalue weighted by Crippen LogP contribution is -2.63. The Kier molecular flexibility index (Phi) is 8.83. The normalized spacial score (nSPS) is 20.0. The summed E-state index contributed by atoms with van der Waals surface area (Å²) in [5.74, 6) is 0.881. The molecule has 1 atom stereocenters. The Hall–Kier alpha value is -1.05. The number of rotatable bonds is 9. The molecule has 169 valence electrons.